The van der Waals surface area contributed by atoms with Crippen molar-refractivity contribution in [2.75, 3.05) is 13.7 Å². The zero-order valence-electron chi connectivity index (χ0n) is 20.8. The van der Waals surface area contributed by atoms with Crippen molar-refractivity contribution >= 4 is 79.2 Å². The predicted molar refractivity (Wildman–Crippen MR) is 166 cm³/mol. The minimum absolute atomic E-state index is 0.184. The molecule has 3 aromatic carbocycles. The summed E-state index contributed by atoms with van der Waals surface area (Å²) in [5.74, 6) is 0.133. The molecule has 2 heterocycles. The number of ether oxygens (including phenoxy) is 2. The highest BCUT2D eigenvalue weighted by atomic mass is 127. The third kappa shape index (κ3) is 5.50. The molecule has 4 aromatic rings. The number of hydrogen-bond acceptors (Lipinski definition) is 6. The van der Waals surface area contributed by atoms with Gasteiger partial charge in [0, 0.05) is 20.6 Å². The summed E-state index contributed by atoms with van der Waals surface area (Å²) in [4.78, 5) is 32.9. The molecule has 0 bridgehead atoms. The largest absolute Gasteiger partial charge is 0.495 e. The number of benzene rings is 3. The predicted octanol–water partition coefficient (Wildman–Crippen LogP) is 5.96. The molecule has 198 valence electrons. The number of carbonyl (C=O) groups is 1. The van der Waals surface area contributed by atoms with E-state index in [2.05, 4.69) is 38.5 Å². The van der Waals surface area contributed by atoms with Gasteiger partial charge in [0.2, 0.25) is 0 Å². The Morgan fingerprint density at radius 3 is 2.56 bits per heavy atom. The van der Waals surface area contributed by atoms with Crippen LogP contribution in [0.2, 0.25) is 5.02 Å². The molecule has 5 rings (SSSR count). The number of thiazole rings is 1. The van der Waals surface area contributed by atoms with Gasteiger partial charge in [0.15, 0.2) is 4.80 Å². The molecule has 0 N–H and O–H groups in total. The second kappa shape index (κ2) is 11.8. The van der Waals surface area contributed by atoms with Crippen LogP contribution in [-0.2, 0) is 9.53 Å². The van der Waals surface area contributed by atoms with Gasteiger partial charge in [-0.3, -0.25) is 9.36 Å². The zero-order chi connectivity index (χ0) is 27.7. The first-order valence-electron chi connectivity index (χ1n) is 11.9. The maximum absolute atomic E-state index is 14.0. The minimum Gasteiger partial charge on any atom is -0.495 e. The van der Waals surface area contributed by atoms with Gasteiger partial charge in [0.25, 0.3) is 5.56 Å². The van der Waals surface area contributed by atoms with Gasteiger partial charge in [-0.2, -0.15) is 0 Å². The SMILES string of the molecule is CCOC(=O)C1=C(c2ccccc2)N=c2s/c(=C\c3cc(Br)cc(I)c3OC)c(=O)n2[C@@H]1c1ccc(Cl)cc1. The van der Waals surface area contributed by atoms with E-state index in [1.54, 1.807) is 36.8 Å². The standard InChI is InChI=1S/C29H21BrClIN2O4S/c1-3-38-28(36)23-24(16-7-5-4-6-8-16)33-29-34(25(23)17-9-11-20(31)12-10-17)27(35)22(39-29)14-18-13-19(30)15-21(32)26(18)37-2/h4-15,25H,3H2,1-2H3/b22-14-/t25-/m1/s1. The van der Waals surface area contributed by atoms with Gasteiger partial charge < -0.3 is 9.47 Å². The lowest BCUT2D eigenvalue weighted by molar-refractivity contribution is -0.138. The Morgan fingerprint density at radius 2 is 1.90 bits per heavy atom. The van der Waals surface area contributed by atoms with Crippen molar-refractivity contribution in [1.82, 2.24) is 4.57 Å². The average Bonchev–Trinajstić information content (AvgIpc) is 3.23. The van der Waals surface area contributed by atoms with E-state index >= 15 is 0 Å². The van der Waals surface area contributed by atoms with Gasteiger partial charge in [0.1, 0.15) is 5.75 Å². The second-order valence-electron chi connectivity index (χ2n) is 8.49. The van der Waals surface area contributed by atoms with Gasteiger partial charge in [-0.25, -0.2) is 9.79 Å². The minimum atomic E-state index is -0.764. The molecule has 0 saturated carbocycles. The summed E-state index contributed by atoms with van der Waals surface area (Å²) >= 11 is 13.2. The van der Waals surface area contributed by atoms with Crippen LogP contribution in [0.4, 0.5) is 0 Å². The lowest BCUT2D eigenvalue weighted by Gasteiger charge is -2.25. The molecule has 0 aliphatic carbocycles. The number of halogens is 3. The van der Waals surface area contributed by atoms with Crippen LogP contribution in [-0.4, -0.2) is 24.3 Å². The van der Waals surface area contributed by atoms with Crippen LogP contribution in [0.5, 0.6) is 5.75 Å². The molecule has 1 aromatic heterocycles. The quantitative estimate of drug-likeness (QED) is 0.181. The molecule has 39 heavy (non-hydrogen) atoms. The number of methoxy groups -OCH3 is 1. The van der Waals surface area contributed by atoms with E-state index in [9.17, 15) is 9.59 Å². The van der Waals surface area contributed by atoms with E-state index in [4.69, 9.17) is 26.1 Å². The van der Waals surface area contributed by atoms with Crippen molar-refractivity contribution in [3.63, 3.8) is 0 Å². The first kappa shape index (κ1) is 27.8. The number of esters is 1. The molecule has 1 aliphatic rings. The molecule has 10 heteroatoms. The van der Waals surface area contributed by atoms with Gasteiger partial charge in [-0.05, 0) is 65.4 Å². The lowest BCUT2D eigenvalue weighted by atomic mass is 9.93. The maximum atomic E-state index is 14.0. The fourth-order valence-electron chi connectivity index (χ4n) is 4.44. The molecule has 6 nitrogen and oxygen atoms in total. The van der Waals surface area contributed by atoms with Gasteiger partial charge >= 0.3 is 5.97 Å². The van der Waals surface area contributed by atoms with Crippen molar-refractivity contribution in [2.24, 2.45) is 4.99 Å². The summed E-state index contributed by atoms with van der Waals surface area (Å²) in [6.07, 6.45) is 1.80. The molecular weight excluding hydrogens is 715 g/mol. The van der Waals surface area contributed by atoms with Crippen molar-refractivity contribution in [1.29, 1.82) is 0 Å². The number of aromatic nitrogens is 1. The van der Waals surface area contributed by atoms with Crippen molar-refractivity contribution in [3.8, 4) is 5.75 Å². The summed E-state index contributed by atoms with van der Waals surface area (Å²) in [7, 11) is 1.60. The lowest BCUT2D eigenvalue weighted by Crippen LogP contribution is -2.40. The highest BCUT2D eigenvalue weighted by Gasteiger charge is 2.35. The first-order chi connectivity index (χ1) is 18.8. The number of nitrogens with zero attached hydrogens (tertiary/aromatic N) is 2. The van der Waals surface area contributed by atoms with Crippen molar-refractivity contribution < 1.29 is 14.3 Å². The third-order valence-corrected chi connectivity index (χ3v) is 8.58. The molecule has 0 radical (unpaired) electrons. The van der Waals surface area contributed by atoms with Gasteiger partial charge in [-0.15, -0.1) is 0 Å². The number of rotatable bonds is 6. The van der Waals surface area contributed by atoms with Crippen molar-refractivity contribution in [3.05, 3.63) is 122 Å². The van der Waals surface area contributed by atoms with Crippen LogP contribution in [0.15, 0.2) is 86.6 Å². The Kier molecular flexibility index (Phi) is 8.41. The summed E-state index contributed by atoms with van der Waals surface area (Å²) in [5, 5.41) is 0.549. The van der Waals surface area contributed by atoms with E-state index in [1.165, 1.54) is 11.3 Å². The topological polar surface area (TPSA) is 69.9 Å². The summed E-state index contributed by atoms with van der Waals surface area (Å²) in [6.45, 7) is 1.93. The third-order valence-electron chi connectivity index (χ3n) is 6.09. The van der Waals surface area contributed by atoms with Gasteiger partial charge in [-0.1, -0.05) is 81.3 Å². The fourth-order valence-corrected chi connectivity index (χ4v) is 7.33. The fraction of sp³-hybridized carbons (Fsp3) is 0.138. The Morgan fingerprint density at radius 1 is 1.18 bits per heavy atom. The molecule has 1 atom stereocenters. The summed E-state index contributed by atoms with van der Waals surface area (Å²) < 4.78 is 14.9. The van der Waals surface area contributed by atoms with Crippen LogP contribution in [0.1, 0.15) is 29.7 Å². The van der Waals surface area contributed by atoms with E-state index in [-0.39, 0.29) is 12.2 Å². The molecular formula is C29H21BrClIN2O4S. The van der Waals surface area contributed by atoms with E-state index in [0.29, 0.717) is 36.9 Å². The van der Waals surface area contributed by atoms with Crippen LogP contribution in [0.3, 0.4) is 0 Å². The zero-order valence-corrected chi connectivity index (χ0v) is 26.1. The van der Waals surface area contributed by atoms with Crippen molar-refractivity contribution in [2.45, 2.75) is 13.0 Å². The average molecular weight is 736 g/mol. The molecule has 0 spiro atoms. The van der Waals surface area contributed by atoms with E-state index in [0.717, 1.165) is 19.2 Å². The first-order valence-corrected chi connectivity index (χ1v) is 15.0. The maximum Gasteiger partial charge on any atom is 0.338 e. The molecule has 0 saturated heterocycles. The number of hydrogen-bond donors (Lipinski definition) is 0. The highest BCUT2D eigenvalue weighted by Crippen LogP contribution is 2.36. The Bertz CT molecular complexity index is 1780. The molecule has 0 unspecified atom stereocenters. The Labute approximate surface area is 255 Å². The molecule has 0 fully saturated rings. The molecule has 0 amide bonds. The summed E-state index contributed by atoms with van der Waals surface area (Å²) in [6, 6.07) is 19.6. The van der Waals surface area contributed by atoms with E-state index < -0.39 is 12.0 Å². The van der Waals surface area contributed by atoms with Gasteiger partial charge in [0.05, 0.1) is 39.1 Å². The monoisotopic (exact) mass is 734 g/mol. The second-order valence-corrected chi connectivity index (χ2v) is 12.0. The number of carbonyl (C=O) groups excluding carboxylic acids is 1. The normalized spacial score (nSPS) is 15.1. The van der Waals surface area contributed by atoms with E-state index in [1.807, 2.05) is 54.6 Å². The van der Waals surface area contributed by atoms with Crippen LogP contribution < -0.4 is 19.6 Å². The van der Waals surface area contributed by atoms with Crippen LogP contribution in [0.25, 0.3) is 11.8 Å². The Hall–Kier alpha value is -2.73. The Balaban J connectivity index is 1.84. The number of fused-ring (bicyclic) bond motifs is 1. The van der Waals surface area contributed by atoms with Crippen LogP contribution >= 0.6 is 61.5 Å². The van der Waals surface area contributed by atoms with Crippen LogP contribution in [0, 0.1) is 3.57 Å². The highest BCUT2D eigenvalue weighted by molar-refractivity contribution is 14.1. The molecule has 1 aliphatic heterocycles. The summed E-state index contributed by atoms with van der Waals surface area (Å²) in [5.41, 5.74) is 2.70. The smallest absolute Gasteiger partial charge is 0.338 e.